The van der Waals surface area contributed by atoms with Gasteiger partial charge in [-0.05, 0) is 38.8 Å². The lowest BCUT2D eigenvalue weighted by atomic mass is 10.2. The van der Waals surface area contributed by atoms with E-state index in [1.54, 1.807) is 0 Å². The zero-order valence-corrected chi connectivity index (χ0v) is 16.1. The molecule has 2 fully saturated rings. The summed E-state index contributed by atoms with van der Waals surface area (Å²) in [5, 5.41) is 1.22. The van der Waals surface area contributed by atoms with Crippen LogP contribution in [0.25, 0.3) is 0 Å². The zero-order chi connectivity index (χ0) is 17.2. The summed E-state index contributed by atoms with van der Waals surface area (Å²) in [6.45, 7) is 11.9. The van der Waals surface area contributed by atoms with Crippen LogP contribution in [0.2, 0.25) is 0 Å². The van der Waals surface area contributed by atoms with E-state index in [-0.39, 0.29) is 0 Å². The van der Waals surface area contributed by atoms with E-state index >= 15 is 0 Å². The van der Waals surface area contributed by atoms with Crippen molar-refractivity contribution in [1.82, 2.24) is 14.9 Å². The Hall–Kier alpha value is -1.66. The van der Waals surface area contributed by atoms with Gasteiger partial charge in [-0.1, -0.05) is 0 Å². The van der Waals surface area contributed by atoms with Crippen LogP contribution in [0.3, 0.4) is 0 Å². The quantitative estimate of drug-likeness (QED) is 0.840. The van der Waals surface area contributed by atoms with Gasteiger partial charge >= 0.3 is 0 Å². The van der Waals surface area contributed by atoms with Crippen molar-refractivity contribution in [3.8, 4) is 0 Å². The van der Waals surface area contributed by atoms with Crippen molar-refractivity contribution >= 4 is 22.2 Å². The molecule has 4 rings (SSSR count). The minimum absolute atomic E-state index is 1.04. The maximum atomic E-state index is 4.65. The van der Waals surface area contributed by atoms with Gasteiger partial charge in [0.15, 0.2) is 5.13 Å². The molecule has 0 aromatic carbocycles. The summed E-state index contributed by atoms with van der Waals surface area (Å²) in [7, 11) is 0. The van der Waals surface area contributed by atoms with Crippen LogP contribution in [-0.4, -0.2) is 54.1 Å². The van der Waals surface area contributed by atoms with Crippen LogP contribution in [0, 0.1) is 13.8 Å². The standard InChI is InChI=1S/C19H27N5S/c1-15-11-17(12-16(2)21-15)23-9-7-22(8-10-23)14-18-13-20-19(25-18)24-5-3-4-6-24/h11-13H,3-10,14H2,1-2H3. The van der Waals surface area contributed by atoms with E-state index < -0.39 is 0 Å². The summed E-state index contributed by atoms with van der Waals surface area (Å²) in [5.41, 5.74) is 3.53. The average molecular weight is 358 g/mol. The Morgan fingerprint density at radius 1 is 0.920 bits per heavy atom. The van der Waals surface area contributed by atoms with Crippen molar-refractivity contribution in [1.29, 1.82) is 0 Å². The molecule has 0 N–H and O–H groups in total. The topological polar surface area (TPSA) is 35.5 Å². The summed E-state index contributed by atoms with van der Waals surface area (Å²) in [6, 6.07) is 4.41. The lowest BCUT2D eigenvalue weighted by Crippen LogP contribution is -2.45. The van der Waals surface area contributed by atoms with Gasteiger partial charge in [-0.25, -0.2) is 4.98 Å². The van der Waals surface area contributed by atoms with Crippen molar-refractivity contribution in [3.05, 3.63) is 34.6 Å². The Morgan fingerprint density at radius 3 is 2.28 bits per heavy atom. The molecule has 25 heavy (non-hydrogen) atoms. The summed E-state index contributed by atoms with van der Waals surface area (Å²) in [6.07, 6.45) is 4.70. The summed E-state index contributed by atoms with van der Waals surface area (Å²) in [4.78, 5) is 18.0. The molecule has 4 heterocycles. The van der Waals surface area contributed by atoms with Crippen LogP contribution in [0.1, 0.15) is 29.1 Å². The van der Waals surface area contributed by atoms with E-state index in [4.69, 9.17) is 0 Å². The first-order valence-electron chi connectivity index (χ1n) is 9.30. The molecule has 0 bridgehead atoms. The lowest BCUT2D eigenvalue weighted by molar-refractivity contribution is 0.252. The molecule has 2 saturated heterocycles. The number of piperazine rings is 1. The number of rotatable bonds is 4. The predicted molar refractivity (Wildman–Crippen MR) is 105 cm³/mol. The molecule has 2 aromatic rings. The number of thiazole rings is 1. The Balaban J connectivity index is 1.33. The summed E-state index contributed by atoms with van der Waals surface area (Å²) < 4.78 is 0. The van der Waals surface area contributed by atoms with E-state index in [0.29, 0.717) is 0 Å². The molecular formula is C19H27N5S. The van der Waals surface area contributed by atoms with E-state index in [2.05, 4.69) is 56.8 Å². The molecule has 6 heteroatoms. The number of aryl methyl sites for hydroxylation is 2. The number of hydrogen-bond donors (Lipinski definition) is 0. The van der Waals surface area contributed by atoms with Crippen LogP contribution in [0.4, 0.5) is 10.8 Å². The SMILES string of the molecule is Cc1cc(N2CCN(Cc3cnc(N4CCCC4)s3)CC2)cc(C)n1. The van der Waals surface area contributed by atoms with Crippen LogP contribution < -0.4 is 9.80 Å². The molecule has 0 amide bonds. The Labute approximate surface area is 154 Å². The van der Waals surface area contributed by atoms with Gasteiger partial charge in [-0.15, -0.1) is 11.3 Å². The second-order valence-corrected chi connectivity index (χ2v) is 8.27. The monoisotopic (exact) mass is 357 g/mol. The molecule has 0 aliphatic carbocycles. The third kappa shape index (κ3) is 3.96. The minimum atomic E-state index is 1.04. The van der Waals surface area contributed by atoms with E-state index in [9.17, 15) is 0 Å². The molecule has 2 aromatic heterocycles. The van der Waals surface area contributed by atoms with Crippen molar-refractivity contribution < 1.29 is 0 Å². The smallest absolute Gasteiger partial charge is 0.185 e. The Morgan fingerprint density at radius 2 is 1.60 bits per heavy atom. The first-order valence-corrected chi connectivity index (χ1v) is 10.1. The molecule has 5 nitrogen and oxygen atoms in total. The highest BCUT2D eigenvalue weighted by molar-refractivity contribution is 7.15. The number of nitrogens with zero attached hydrogens (tertiary/aromatic N) is 5. The number of hydrogen-bond acceptors (Lipinski definition) is 6. The summed E-state index contributed by atoms with van der Waals surface area (Å²) in [5.74, 6) is 0. The van der Waals surface area contributed by atoms with Gasteiger partial charge in [0.1, 0.15) is 0 Å². The second-order valence-electron chi connectivity index (χ2n) is 7.17. The van der Waals surface area contributed by atoms with Crippen molar-refractivity contribution in [2.24, 2.45) is 0 Å². The largest absolute Gasteiger partial charge is 0.369 e. The van der Waals surface area contributed by atoms with Crippen molar-refractivity contribution in [3.63, 3.8) is 0 Å². The van der Waals surface area contributed by atoms with Crippen molar-refractivity contribution in [2.45, 2.75) is 33.2 Å². The molecule has 0 radical (unpaired) electrons. The molecule has 0 atom stereocenters. The van der Waals surface area contributed by atoms with Gasteiger partial charge in [0.25, 0.3) is 0 Å². The maximum Gasteiger partial charge on any atom is 0.185 e. The third-order valence-corrected chi connectivity index (χ3v) is 6.14. The van der Waals surface area contributed by atoms with Crippen LogP contribution >= 0.6 is 11.3 Å². The number of anilines is 2. The molecule has 0 unspecified atom stereocenters. The fourth-order valence-electron chi connectivity index (χ4n) is 3.80. The molecule has 2 aliphatic heterocycles. The van der Waals surface area contributed by atoms with Gasteiger partial charge in [-0.2, -0.15) is 0 Å². The highest BCUT2D eigenvalue weighted by Crippen LogP contribution is 2.27. The first kappa shape index (κ1) is 16.8. The normalized spacial score (nSPS) is 19.0. The second kappa shape index (κ2) is 7.30. The van der Waals surface area contributed by atoms with Crippen LogP contribution in [0.15, 0.2) is 18.3 Å². The minimum Gasteiger partial charge on any atom is -0.369 e. The zero-order valence-electron chi connectivity index (χ0n) is 15.2. The Bertz CT molecular complexity index is 694. The van der Waals surface area contributed by atoms with E-state index in [1.807, 2.05) is 11.3 Å². The van der Waals surface area contributed by atoms with E-state index in [1.165, 1.54) is 41.6 Å². The molecular weight excluding hydrogens is 330 g/mol. The molecule has 0 saturated carbocycles. The predicted octanol–water partition coefficient (Wildman–Crippen LogP) is 3.08. The Kier molecular flexibility index (Phi) is 4.90. The molecule has 0 spiro atoms. The van der Waals surface area contributed by atoms with Gasteiger partial charge in [0.2, 0.25) is 0 Å². The number of pyridine rings is 1. The van der Waals surface area contributed by atoms with Gasteiger partial charge < -0.3 is 9.80 Å². The first-order chi connectivity index (χ1) is 12.2. The molecule has 134 valence electrons. The van der Waals surface area contributed by atoms with Crippen LogP contribution in [0.5, 0.6) is 0 Å². The van der Waals surface area contributed by atoms with Crippen molar-refractivity contribution in [2.75, 3.05) is 49.1 Å². The fourth-order valence-corrected chi connectivity index (χ4v) is 4.81. The number of aromatic nitrogens is 2. The summed E-state index contributed by atoms with van der Waals surface area (Å²) >= 11 is 1.88. The molecule has 2 aliphatic rings. The average Bonchev–Trinajstić information content (AvgIpc) is 3.26. The van der Waals surface area contributed by atoms with Gasteiger partial charge in [0.05, 0.1) is 0 Å². The van der Waals surface area contributed by atoms with E-state index in [0.717, 1.165) is 44.1 Å². The van der Waals surface area contributed by atoms with Gasteiger partial charge in [-0.3, -0.25) is 9.88 Å². The lowest BCUT2D eigenvalue weighted by Gasteiger charge is -2.36. The maximum absolute atomic E-state index is 4.65. The van der Waals surface area contributed by atoms with Gasteiger partial charge in [0, 0.05) is 74.0 Å². The highest BCUT2D eigenvalue weighted by Gasteiger charge is 2.20. The fraction of sp³-hybridized carbons (Fsp3) is 0.579. The van der Waals surface area contributed by atoms with Crippen LogP contribution in [-0.2, 0) is 6.54 Å². The third-order valence-electron chi connectivity index (χ3n) is 5.10. The highest BCUT2D eigenvalue weighted by atomic mass is 32.1.